The van der Waals surface area contributed by atoms with Gasteiger partial charge in [0.15, 0.2) is 0 Å². The predicted octanol–water partition coefficient (Wildman–Crippen LogP) is 2.31. The number of benzene rings is 1. The number of ether oxygens (including phenoxy) is 1. The van der Waals surface area contributed by atoms with Gasteiger partial charge in [-0.25, -0.2) is 0 Å². The number of nitrogens with one attached hydrogen (secondary N) is 1. The highest BCUT2D eigenvalue weighted by Crippen LogP contribution is 2.43. The third-order valence-corrected chi connectivity index (χ3v) is 6.26. The van der Waals surface area contributed by atoms with Crippen LogP contribution in [0.3, 0.4) is 0 Å². The molecular weight excluding hydrogens is 328 g/mol. The molecule has 3 atom stereocenters. The molecule has 26 heavy (non-hydrogen) atoms. The van der Waals surface area contributed by atoms with Crippen LogP contribution in [0.1, 0.15) is 43.9 Å². The smallest absolute Gasteiger partial charge is 0.231 e. The minimum atomic E-state index is -0.445. The van der Waals surface area contributed by atoms with Crippen LogP contribution >= 0.6 is 0 Å². The van der Waals surface area contributed by atoms with E-state index in [-0.39, 0.29) is 23.8 Å². The number of nitrogens with zero attached hydrogens (tertiary/aromatic N) is 1. The zero-order valence-corrected chi connectivity index (χ0v) is 15.7. The molecular formula is C21H28N2O3. The average molecular weight is 356 g/mol. The van der Waals surface area contributed by atoms with Crippen LogP contribution in [-0.2, 0) is 20.7 Å². The van der Waals surface area contributed by atoms with Gasteiger partial charge < -0.3 is 15.0 Å². The van der Waals surface area contributed by atoms with Crippen molar-refractivity contribution >= 4 is 11.8 Å². The standard InChI is InChI=1S/C21H28N2O3/c1-3-14-10-17(14)19(24)23-9-8-15-6-4-5-7-16(15)18(11-23)22-20(25)21(2)12-26-13-21/h4-7,14,17-18H,3,8-13H2,1-2H3,(H,22,25)/t14-,17-,18?/m1/s1. The number of fused-ring (bicyclic) bond motifs is 1. The summed E-state index contributed by atoms with van der Waals surface area (Å²) in [6.45, 7) is 6.32. The normalized spacial score (nSPS) is 29.2. The van der Waals surface area contributed by atoms with Crippen molar-refractivity contribution in [3.63, 3.8) is 0 Å². The van der Waals surface area contributed by atoms with Crippen LogP contribution < -0.4 is 5.32 Å². The lowest BCUT2D eigenvalue weighted by Crippen LogP contribution is -2.53. The number of hydrogen-bond acceptors (Lipinski definition) is 3. The summed E-state index contributed by atoms with van der Waals surface area (Å²) in [4.78, 5) is 27.7. The zero-order valence-electron chi connectivity index (χ0n) is 15.7. The number of carbonyl (C=O) groups excluding carboxylic acids is 2. The summed E-state index contributed by atoms with van der Waals surface area (Å²) in [7, 11) is 0. The van der Waals surface area contributed by atoms with Crippen molar-refractivity contribution in [3.8, 4) is 0 Å². The zero-order chi connectivity index (χ0) is 18.3. The molecule has 0 radical (unpaired) electrons. The van der Waals surface area contributed by atoms with Gasteiger partial charge in [-0.1, -0.05) is 37.6 Å². The Bertz CT molecular complexity index is 713. The molecule has 1 unspecified atom stereocenters. The van der Waals surface area contributed by atoms with E-state index in [1.807, 2.05) is 24.0 Å². The molecule has 2 aliphatic heterocycles. The van der Waals surface area contributed by atoms with Gasteiger partial charge in [0.1, 0.15) is 0 Å². The highest BCUT2D eigenvalue weighted by atomic mass is 16.5. The summed E-state index contributed by atoms with van der Waals surface area (Å²) < 4.78 is 5.24. The first kappa shape index (κ1) is 17.5. The van der Waals surface area contributed by atoms with Crippen molar-refractivity contribution in [1.82, 2.24) is 10.2 Å². The molecule has 2 heterocycles. The summed E-state index contributed by atoms with van der Waals surface area (Å²) in [5, 5.41) is 3.21. The van der Waals surface area contributed by atoms with E-state index in [0.717, 1.165) is 31.4 Å². The molecule has 140 valence electrons. The van der Waals surface area contributed by atoms with Crippen LogP contribution in [0.5, 0.6) is 0 Å². The minimum Gasteiger partial charge on any atom is -0.379 e. The summed E-state index contributed by atoms with van der Waals surface area (Å²) in [6, 6.07) is 8.09. The molecule has 1 saturated heterocycles. The van der Waals surface area contributed by atoms with Crippen LogP contribution in [0, 0.1) is 17.3 Å². The molecule has 1 aromatic carbocycles. The lowest BCUT2D eigenvalue weighted by atomic mass is 9.87. The lowest BCUT2D eigenvalue weighted by Gasteiger charge is -2.38. The SMILES string of the molecule is CC[C@@H]1C[C@H]1C(=O)N1CCc2ccccc2C(NC(=O)C2(C)COC2)C1. The first-order valence-corrected chi connectivity index (χ1v) is 9.77. The van der Waals surface area contributed by atoms with Crippen molar-refractivity contribution < 1.29 is 14.3 Å². The van der Waals surface area contributed by atoms with E-state index in [1.165, 1.54) is 5.56 Å². The van der Waals surface area contributed by atoms with Gasteiger partial charge in [-0.3, -0.25) is 9.59 Å². The lowest BCUT2D eigenvalue weighted by molar-refractivity contribution is -0.158. The summed E-state index contributed by atoms with van der Waals surface area (Å²) in [5.74, 6) is 1.03. The molecule has 5 heteroatoms. The predicted molar refractivity (Wildman–Crippen MR) is 98.4 cm³/mol. The minimum absolute atomic E-state index is 0.0238. The maximum atomic E-state index is 12.9. The Kier molecular flexibility index (Phi) is 4.51. The van der Waals surface area contributed by atoms with E-state index in [9.17, 15) is 9.59 Å². The topological polar surface area (TPSA) is 58.6 Å². The average Bonchev–Trinajstić information content (AvgIpc) is 3.42. The van der Waals surface area contributed by atoms with Gasteiger partial charge in [0.25, 0.3) is 0 Å². The molecule has 0 spiro atoms. The highest BCUT2D eigenvalue weighted by molar-refractivity contribution is 5.84. The molecule has 1 aromatic rings. The fraction of sp³-hybridized carbons (Fsp3) is 0.619. The van der Waals surface area contributed by atoms with Gasteiger partial charge in [0.05, 0.1) is 24.7 Å². The maximum absolute atomic E-state index is 12.9. The first-order valence-electron chi connectivity index (χ1n) is 9.77. The molecule has 0 aromatic heterocycles. The van der Waals surface area contributed by atoms with Gasteiger partial charge >= 0.3 is 0 Å². The van der Waals surface area contributed by atoms with Gasteiger partial charge in [-0.2, -0.15) is 0 Å². The number of hydrogen-bond donors (Lipinski definition) is 1. The molecule has 2 amide bonds. The Labute approximate surface area is 155 Å². The summed E-state index contributed by atoms with van der Waals surface area (Å²) in [6.07, 6.45) is 2.94. The second-order valence-corrected chi connectivity index (χ2v) is 8.32. The number of rotatable bonds is 4. The number of carbonyl (C=O) groups is 2. The van der Waals surface area contributed by atoms with E-state index in [2.05, 4.69) is 24.4 Å². The van der Waals surface area contributed by atoms with Crippen LogP contribution in [0.25, 0.3) is 0 Å². The Morgan fingerprint density at radius 3 is 2.73 bits per heavy atom. The second-order valence-electron chi connectivity index (χ2n) is 8.32. The fourth-order valence-corrected chi connectivity index (χ4v) is 4.20. The van der Waals surface area contributed by atoms with Crippen molar-refractivity contribution in [2.24, 2.45) is 17.3 Å². The molecule has 4 rings (SSSR count). The van der Waals surface area contributed by atoms with Crippen LogP contribution in [0.15, 0.2) is 24.3 Å². The molecule has 0 bridgehead atoms. The van der Waals surface area contributed by atoms with E-state index in [0.29, 0.717) is 25.7 Å². The third kappa shape index (κ3) is 3.13. The molecule has 1 saturated carbocycles. The second kappa shape index (κ2) is 6.69. The van der Waals surface area contributed by atoms with Crippen LogP contribution in [-0.4, -0.2) is 43.0 Å². The molecule has 1 aliphatic carbocycles. The van der Waals surface area contributed by atoms with E-state index >= 15 is 0 Å². The van der Waals surface area contributed by atoms with E-state index < -0.39 is 5.41 Å². The highest BCUT2D eigenvalue weighted by Gasteiger charge is 2.45. The number of amides is 2. The Balaban J connectivity index is 1.54. The first-order chi connectivity index (χ1) is 12.5. The van der Waals surface area contributed by atoms with Crippen molar-refractivity contribution in [2.45, 2.75) is 39.2 Å². The van der Waals surface area contributed by atoms with E-state index in [1.54, 1.807) is 0 Å². The monoisotopic (exact) mass is 356 g/mol. The summed E-state index contributed by atoms with van der Waals surface area (Å²) in [5.41, 5.74) is 1.92. The van der Waals surface area contributed by atoms with Gasteiger partial charge in [-0.15, -0.1) is 0 Å². The molecule has 2 fully saturated rings. The van der Waals surface area contributed by atoms with Crippen molar-refractivity contribution in [3.05, 3.63) is 35.4 Å². The summed E-state index contributed by atoms with van der Waals surface area (Å²) >= 11 is 0. The quantitative estimate of drug-likeness (QED) is 0.901. The van der Waals surface area contributed by atoms with Gasteiger partial charge in [0.2, 0.25) is 11.8 Å². The third-order valence-electron chi connectivity index (χ3n) is 6.26. The van der Waals surface area contributed by atoms with Crippen LogP contribution in [0.4, 0.5) is 0 Å². The fourth-order valence-electron chi connectivity index (χ4n) is 4.20. The molecule has 5 nitrogen and oxygen atoms in total. The Hall–Kier alpha value is -1.88. The van der Waals surface area contributed by atoms with E-state index in [4.69, 9.17) is 4.74 Å². The Morgan fingerprint density at radius 2 is 2.08 bits per heavy atom. The molecule has 1 N–H and O–H groups in total. The largest absolute Gasteiger partial charge is 0.379 e. The van der Waals surface area contributed by atoms with Gasteiger partial charge in [-0.05, 0) is 36.8 Å². The van der Waals surface area contributed by atoms with Crippen molar-refractivity contribution in [1.29, 1.82) is 0 Å². The maximum Gasteiger partial charge on any atom is 0.231 e. The van der Waals surface area contributed by atoms with Gasteiger partial charge in [0, 0.05) is 19.0 Å². The molecule has 3 aliphatic rings. The van der Waals surface area contributed by atoms with Crippen LogP contribution in [0.2, 0.25) is 0 Å². The van der Waals surface area contributed by atoms with Crippen molar-refractivity contribution in [2.75, 3.05) is 26.3 Å². The Morgan fingerprint density at radius 1 is 1.31 bits per heavy atom.